The molecule has 4 rings (SSSR count). The summed E-state index contributed by atoms with van der Waals surface area (Å²) in [5, 5.41) is 4.28. The average molecular weight is 341 g/mol. The van der Waals surface area contributed by atoms with Crippen LogP contribution >= 0.6 is 11.3 Å². The monoisotopic (exact) mass is 341 g/mol. The molecule has 0 aliphatic carbocycles. The fourth-order valence-electron chi connectivity index (χ4n) is 2.97. The molecule has 1 aliphatic heterocycles. The van der Waals surface area contributed by atoms with Crippen LogP contribution in [0.2, 0.25) is 0 Å². The molecule has 1 aromatic carbocycles. The van der Waals surface area contributed by atoms with E-state index in [1.165, 1.54) is 17.7 Å². The summed E-state index contributed by atoms with van der Waals surface area (Å²) in [5.74, 6) is 1.39. The Morgan fingerprint density at radius 1 is 1.17 bits per heavy atom. The first-order valence-corrected chi connectivity index (χ1v) is 8.79. The summed E-state index contributed by atoms with van der Waals surface area (Å²) in [7, 11) is 0. The number of hydrogen-bond donors (Lipinski definition) is 0. The number of anilines is 1. The van der Waals surface area contributed by atoms with E-state index in [0.29, 0.717) is 23.6 Å². The zero-order valence-corrected chi connectivity index (χ0v) is 13.7. The second-order valence-corrected chi connectivity index (χ2v) is 6.44. The van der Waals surface area contributed by atoms with Crippen molar-refractivity contribution in [3.63, 3.8) is 0 Å². The van der Waals surface area contributed by atoms with Crippen molar-refractivity contribution >= 4 is 17.3 Å². The molecule has 4 nitrogen and oxygen atoms in total. The van der Waals surface area contributed by atoms with Gasteiger partial charge >= 0.3 is 0 Å². The molecular formula is C18H16FN3OS. The number of hydrogen-bond acceptors (Lipinski definition) is 5. The quantitative estimate of drug-likeness (QED) is 0.682. The van der Waals surface area contributed by atoms with Crippen LogP contribution in [0.3, 0.4) is 0 Å². The zero-order valence-electron chi connectivity index (χ0n) is 12.9. The van der Waals surface area contributed by atoms with Crippen LogP contribution in [0.1, 0.15) is 24.4 Å². The predicted molar refractivity (Wildman–Crippen MR) is 92.1 cm³/mol. The van der Waals surface area contributed by atoms with Crippen molar-refractivity contribution in [2.24, 2.45) is 0 Å². The standard InChI is InChI=1S/C18H16FN3OS/c19-14-3-5-15(6-4-14)23-17-7-9-20-18(21-17)22-10-1-2-16(22)13-8-11-24-12-13/h3-9,11-12,16H,1-2,10H2. The Morgan fingerprint density at radius 2 is 2.04 bits per heavy atom. The second-order valence-electron chi connectivity index (χ2n) is 5.66. The summed E-state index contributed by atoms with van der Waals surface area (Å²) in [5.41, 5.74) is 1.31. The van der Waals surface area contributed by atoms with Crippen molar-refractivity contribution in [2.45, 2.75) is 18.9 Å². The molecule has 3 aromatic rings. The van der Waals surface area contributed by atoms with E-state index in [-0.39, 0.29) is 5.82 Å². The maximum absolute atomic E-state index is 13.0. The lowest BCUT2D eigenvalue weighted by atomic mass is 10.1. The lowest BCUT2D eigenvalue weighted by Gasteiger charge is -2.24. The molecule has 122 valence electrons. The van der Waals surface area contributed by atoms with Crippen LogP contribution in [0, 0.1) is 5.82 Å². The smallest absolute Gasteiger partial charge is 0.229 e. The van der Waals surface area contributed by atoms with Crippen molar-refractivity contribution in [1.82, 2.24) is 9.97 Å². The van der Waals surface area contributed by atoms with Gasteiger partial charge in [-0.15, -0.1) is 0 Å². The van der Waals surface area contributed by atoms with Crippen molar-refractivity contribution in [3.8, 4) is 11.6 Å². The highest BCUT2D eigenvalue weighted by Crippen LogP contribution is 2.35. The summed E-state index contributed by atoms with van der Waals surface area (Å²) < 4.78 is 18.7. The van der Waals surface area contributed by atoms with Crippen LogP contribution in [0.5, 0.6) is 11.6 Å². The van der Waals surface area contributed by atoms with E-state index in [1.54, 1.807) is 35.7 Å². The Labute approximate surface area is 143 Å². The topological polar surface area (TPSA) is 38.2 Å². The van der Waals surface area contributed by atoms with E-state index in [0.717, 1.165) is 19.4 Å². The third-order valence-electron chi connectivity index (χ3n) is 4.09. The Balaban J connectivity index is 1.57. The van der Waals surface area contributed by atoms with E-state index >= 15 is 0 Å². The Hall–Kier alpha value is -2.47. The van der Waals surface area contributed by atoms with Crippen LogP contribution < -0.4 is 9.64 Å². The van der Waals surface area contributed by atoms with E-state index in [4.69, 9.17) is 4.74 Å². The van der Waals surface area contributed by atoms with Gasteiger partial charge in [-0.1, -0.05) is 0 Å². The maximum atomic E-state index is 13.0. The molecule has 1 unspecified atom stereocenters. The molecule has 1 fully saturated rings. The zero-order chi connectivity index (χ0) is 16.4. The highest BCUT2D eigenvalue weighted by atomic mass is 32.1. The van der Waals surface area contributed by atoms with Gasteiger partial charge in [0.15, 0.2) is 0 Å². The van der Waals surface area contributed by atoms with Gasteiger partial charge in [0.1, 0.15) is 11.6 Å². The first kappa shape index (κ1) is 15.1. The summed E-state index contributed by atoms with van der Waals surface area (Å²) in [6.07, 6.45) is 3.92. The van der Waals surface area contributed by atoms with Gasteiger partial charge in [-0.25, -0.2) is 9.37 Å². The number of nitrogens with zero attached hydrogens (tertiary/aromatic N) is 3. The third-order valence-corrected chi connectivity index (χ3v) is 4.79. The first-order chi connectivity index (χ1) is 11.8. The normalized spacial score (nSPS) is 17.2. The molecule has 0 spiro atoms. The highest BCUT2D eigenvalue weighted by molar-refractivity contribution is 7.08. The summed E-state index contributed by atoms with van der Waals surface area (Å²) >= 11 is 1.71. The minimum atomic E-state index is -0.290. The predicted octanol–water partition coefficient (Wildman–Crippen LogP) is 4.81. The number of benzene rings is 1. The van der Waals surface area contributed by atoms with Gasteiger partial charge in [0.25, 0.3) is 0 Å². The molecule has 0 bridgehead atoms. The number of halogens is 1. The minimum absolute atomic E-state index is 0.290. The number of aromatic nitrogens is 2. The molecule has 2 aromatic heterocycles. The highest BCUT2D eigenvalue weighted by Gasteiger charge is 2.28. The molecule has 0 N–H and O–H groups in total. The van der Waals surface area contributed by atoms with Crippen LogP contribution in [-0.2, 0) is 0 Å². The lowest BCUT2D eigenvalue weighted by Crippen LogP contribution is -2.24. The summed E-state index contributed by atoms with van der Waals surface area (Å²) in [6, 6.07) is 10.1. The van der Waals surface area contributed by atoms with E-state index in [2.05, 4.69) is 31.7 Å². The number of rotatable bonds is 4. The number of ether oxygens (including phenoxy) is 1. The maximum Gasteiger partial charge on any atom is 0.229 e. The fourth-order valence-corrected chi connectivity index (χ4v) is 3.68. The average Bonchev–Trinajstić information content (AvgIpc) is 3.28. The van der Waals surface area contributed by atoms with Crippen molar-refractivity contribution in [1.29, 1.82) is 0 Å². The van der Waals surface area contributed by atoms with Gasteiger partial charge in [0, 0.05) is 18.8 Å². The Kier molecular flexibility index (Phi) is 4.13. The van der Waals surface area contributed by atoms with Gasteiger partial charge in [-0.05, 0) is 59.5 Å². The van der Waals surface area contributed by atoms with E-state index in [9.17, 15) is 4.39 Å². The van der Waals surface area contributed by atoms with Gasteiger partial charge in [-0.2, -0.15) is 16.3 Å². The Bertz CT molecular complexity index is 807. The SMILES string of the molecule is Fc1ccc(Oc2ccnc(N3CCCC3c3ccsc3)n2)cc1. The molecule has 1 saturated heterocycles. The number of thiophene rings is 1. The van der Waals surface area contributed by atoms with Gasteiger partial charge in [0.2, 0.25) is 11.8 Å². The van der Waals surface area contributed by atoms with Gasteiger partial charge in [0.05, 0.1) is 6.04 Å². The molecule has 3 heterocycles. The van der Waals surface area contributed by atoms with Crippen LogP contribution in [0.25, 0.3) is 0 Å². The van der Waals surface area contributed by atoms with E-state index < -0.39 is 0 Å². The fraction of sp³-hybridized carbons (Fsp3) is 0.222. The Morgan fingerprint density at radius 3 is 2.83 bits per heavy atom. The summed E-state index contributed by atoms with van der Waals surface area (Å²) in [6.45, 7) is 0.931. The molecule has 0 saturated carbocycles. The molecule has 24 heavy (non-hydrogen) atoms. The second kappa shape index (κ2) is 6.57. The largest absolute Gasteiger partial charge is 0.439 e. The van der Waals surface area contributed by atoms with Crippen LogP contribution in [0.4, 0.5) is 10.3 Å². The molecule has 0 radical (unpaired) electrons. The molecule has 1 atom stereocenters. The molecule has 0 amide bonds. The van der Waals surface area contributed by atoms with Gasteiger partial charge < -0.3 is 9.64 Å². The van der Waals surface area contributed by atoms with Crippen molar-refractivity contribution in [3.05, 3.63) is 64.7 Å². The summed E-state index contributed by atoms with van der Waals surface area (Å²) in [4.78, 5) is 11.2. The van der Waals surface area contributed by atoms with Crippen LogP contribution in [0.15, 0.2) is 53.4 Å². The van der Waals surface area contributed by atoms with Crippen molar-refractivity contribution < 1.29 is 9.13 Å². The molecule has 6 heteroatoms. The third kappa shape index (κ3) is 3.10. The molecule has 1 aliphatic rings. The van der Waals surface area contributed by atoms with Gasteiger partial charge in [-0.3, -0.25) is 0 Å². The van der Waals surface area contributed by atoms with E-state index in [1.807, 2.05) is 0 Å². The van der Waals surface area contributed by atoms with Crippen LogP contribution in [-0.4, -0.2) is 16.5 Å². The lowest BCUT2D eigenvalue weighted by molar-refractivity contribution is 0.459. The molecular weight excluding hydrogens is 325 g/mol. The van der Waals surface area contributed by atoms with Crippen molar-refractivity contribution in [2.75, 3.05) is 11.4 Å². The minimum Gasteiger partial charge on any atom is -0.439 e. The first-order valence-electron chi connectivity index (χ1n) is 7.85.